The van der Waals surface area contributed by atoms with Crippen LogP contribution in [0.1, 0.15) is 42.0 Å². The van der Waals surface area contributed by atoms with Crippen molar-refractivity contribution in [3.8, 4) is 11.8 Å². The summed E-state index contributed by atoms with van der Waals surface area (Å²) in [4.78, 5) is 0. The van der Waals surface area contributed by atoms with Crippen molar-refractivity contribution in [2.75, 3.05) is 0 Å². The van der Waals surface area contributed by atoms with Crippen LogP contribution in [0.3, 0.4) is 0 Å². The van der Waals surface area contributed by atoms with Crippen LogP contribution in [0.5, 0.6) is 0 Å². The van der Waals surface area contributed by atoms with E-state index in [1.165, 1.54) is 17.7 Å². The van der Waals surface area contributed by atoms with Gasteiger partial charge in [-0.3, -0.25) is 0 Å². The molecule has 0 aliphatic heterocycles. The van der Waals surface area contributed by atoms with Crippen LogP contribution in [0.25, 0.3) is 0 Å². The highest BCUT2D eigenvalue weighted by atomic mass is 19.1. The smallest absolute Gasteiger partial charge is 0.142 e. The molecule has 0 heterocycles. The monoisotopic (exact) mass is 308 g/mol. The van der Waals surface area contributed by atoms with Crippen LogP contribution < -0.4 is 0 Å². The van der Waals surface area contributed by atoms with Crippen molar-refractivity contribution in [3.05, 3.63) is 81.9 Å². The van der Waals surface area contributed by atoms with Crippen LogP contribution in [0.15, 0.2) is 48.0 Å². The molecule has 116 valence electrons. The van der Waals surface area contributed by atoms with Crippen molar-refractivity contribution >= 4 is 0 Å². The van der Waals surface area contributed by atoms with Crippen LogP contribution in [0.4, 0.5) is 8.78 Å². The molecule has 1 aliphatic carbocycles. The third-order valence-electron chi connectivity index (χ3n) is 4.11. The number of allylic oxidation sites excluding steroid dienone is 2. The van der Waals surface area contributed by atoms with Gasteiger partial charge in [0.2, 0.25) is 0 Å². The Bertz CT molecular complexity index is 802. The summed E-state index contributed by atoms with van der Waals surface area (Å²) in [5, 5.41) is 0. The van der Waals surface area contributed by atoms with E-state index in [0.29, 0.717) is 17.5 Å². The Balaban J connectivity index is 1.87. The highest BCUT2D eigenvalue weighted by Gasteiger charge is 2.16. The van der Waals surface area contributed by atoms with Gasteiger partial charge in [0.15, 0.2) is 0 Å². The largest absolute Gasteiger partial charge is 0.207 e. The Kier molecular flexibility index (Phi) is 4.57. The fraction of sp³-hybridized carbons (Fsp3) is 0.238. The van der Waals surface area contributed by atoms with E-state index in [4.69, 9.17) is 0 Å². The fourth-order valence-corrected chi connectivity index (χ4v) is 2.89. The van der Waals surface area contributed by atoms with E-state index in [0.717, 1.165) is 30.4 Å². The SMILES string of the molecule is CCCC1=CCc2c(ccc(C#Cc3ccc(F)cc3)c2F)C1. The molecule has 3 rings (SSSR count). The lowest BCUT2D eigenvalue weighted by atomic mass is 9.88. The minimum absolute atomic E-state index is 0.219. The van der Waals surface area contributed by atoms with Gasteiger partial charge in [0.1, 0.15) is 11.6 Å². The van der Waals surface area contributed by atoms with Crippen molar-refractivity contribution < 1.29 is 8.78 Å². The van der Waals surface area contributed by atoms with Gasteiger partial charge in [0.05, 0.1) is 5.56 Å². The molecule has 0 nitrogen and oxygen atoms in total. The molecule has 0 saturated heterocycles. The number of fused-ring (bicyclic) bond motifs is 1. The van der Waals surface area contributed by atoms with Gasteiger partial charge in [-0.15, -0.1) is 0 Å². The molecule has 2 heteroatoms. The van der Waals surface area contributed by atoms with Gasteiger partial charge in [0, 0.05) is 5.56 Å². The first-order valence-corrected chi connectivity index (χ1v) is 7.93. The molecule has 0 N–H and O–H groups in total. The quantitative estimate of drug-likeness (QED) is 0.529. The summed E-state index contributed by atoms with van der Waals surface area (Å²) in [6, 6.07) is 9.63. The van der Waals surface area contributed by atoms with Crippen molar-refractivity contribution in [2.24, 2.45) is 0 Å². The van der Waals surface area contributed by atoms with Crippen LogP contribution >= 0.6 is 0 Å². The maximum absolute atomic E-state index is 14.6. The van der Waals surface area contributed by atoms with Crippen molar-refractivity contribution in [1.29, 1.82) is 0 Å². The van der Waals surface area contributed by atoms with Gasteiger partial charge in [-0.05, 0) is 60.7 Å². The third-order valence-corrected chi connectivity index (χ3v) is 4.11. The summed E-state index contributed by atoms with van der Waals surface area (Å²) in [7, 11) is 0. The zero-order chi connectivity index (χ0) is 16.2. The van der Waals surface area contributed by atoms with Crippen LogP contribution in [0.2, 0.25) is 0 Å². The fourth-order valence-electron chi connectivity index (χ4n) is 2.89. The van der Waals surface area contributed by atoms with Crippen LogP contribution in [-0.4, -0.2) is 0 Å². The van der Waals surface area contributed by atoms with E-state index in [2.05, 4.69) is 24.8 Å². The first-order chi connectivity index (χ1) is 11.2. The van der Waals surface area contributed by atoms with Gasteiger partial charge in [-0.25, -0.2) is 8.78 Å². The van der Waals surface area contributed by atoms with Gasteiger partial charge in [-0.2, -0.15) is 0 Å². The highest BCUT2D eigenvalue weighted by molar-refractivity contribution is 5.49. The summed E-state index contributed by atoms with van der Waals surface area (Å²) in [5.74, 6) is 5.24. The van der Waals surface area contributed by atoms with E-state index in [9.17, 15) is 8.78 Å². The predicted molar refractivity (Wildman–Crippen MR) is 89.2 cm³/mol. The molecule has 0 saturated carbocycles. The number of rotatable bonds is 2. The minimum atomic E-state index is -0.301. The van der Waals surface area contributed by atoms with Crippen molar-refractivity contribution in [2.45, 2.75) is 32.6 Å². The highest BCUT2D eigenvalue weighted by Crippen LogP contribution is 2.27. The molecule has 0 atom stereocenters. The molecular weight excluding hydrogens is 290 g/mol. The van der Waals surface area contributed by atoms with Gasteiger partial charge < -0.3 is 0 Å². The Morgan fingerprint density at radius 2 is 1.78 bits per heavy atom. The number of hydrogen-bond acceptors (Lipinski definition) is 0. The second-order valence-electron chi connectivity index (χ2n) is 5.81. The summed E-state index contributed by atoms with van der Waals surface area (Å²) in [5.41, 5.74) is 4.30. The molecule has 0 fully saturated rings. The van der Waals surface area contributed by atoms with Crippen molar-refractivity contribution in [1.82, 2.24) is 0 Å². The molecule has 0 spiro atoms. The van der Waals surface area contributed by atoms with E-state index in [1.54, 1.807) is 18.2 Å². The van der Waals surface area contributed by atoms with Gasteiger partial charge in [-0.1, -0.05) is 42.9 Å². The van der Waals surface area contributed by atoms with Gasteiger partial charge >= 0.3 is 0 Å². The molecule has 0 radical (unpaired) electrons. The molecule has 1 aliphatic rings. The lowest BCUT2D eigenvalue weighted by Crippen LogP contribution is -2.07. The summed E-state index contributed by atoms with van der Waals surface area (Å²) in [6.45, 7) is 2.16. The van der Waals surface area contributed by atoms with Crippen molar-refractivity contribution in [3.63, 3.8) is 0 Å². The third kappa shape index (κ3) is 3.51. The maximum atomic E-state index is 14.6. The first kappa shape index (κ1) is 15.5. The molecule has 0 unspecified atom stereocenters. The van der Waals surface area contributed by atoms with E-state index < -0.39 is 0 Å². The molecule has 2 aromatic rings. The van der Waals surface area contributed by atoms with Crippen LogP contribution in [0, 0.1) is 23.5 Å². The van der Waals surface area contributed by atoms with E-state index in [-0.39, 0.29) is 11.6 Å². The summed E-state index contributed by atoms with van der Waals surface area (Å²) >= 11 is 0. The van der Waals surface area contributed by atoms with Gasteiger partial charge in [0.25, 0.3) is 0 Å². The summed E-state index contributed by atoms with van der Waals surface area (Å²) < 4.78 is 27.5. The zero-order valence-corrected chi connectivity index (χ0v) is 13.1. The Morgan fingerprint density at radius 3 is 2.52 bits per heavy atom. The Morgan fingerprint density at radius 1 is 1.00 bits per heavy atom. The average molecular weight is 308 g/mol. The number of halogens is 2. The predicted octanol–water partition coefficient (Wildman–Crippen LogP) is 5.19. The zero-order valence-electron chi connectivity index (χ0n) is 13.1. The lowest BCUT2D eigenvalue weighted by molar-refractivity contribution is 0.605. The standard InChI is InChI=1S/C21H18F2/c1-2-3-16-7-13-20-18(14-16)10-9-17(21(20)23)8-4-15-5-11-19(22)12-6-15/h5-7,9-12H,2-3,13-14H2,1H3. The minimum Gasteiger partial charge on any atom is -0.207 e. The molecule has 0 bridgehead atoms. The summed E-state index contributed by atoms with van der Waals surface area (Å²) in [6.07, 6.45) is 5.82. The normalized spacial score (nSPS) is 12.9. The average Bonchev–Trinajstić information content (AvgIpc) is 2.56. The molecule has 23 heavy (non-hydrogen) atoms. The van der Waals surface area contributed by atoms with Crippen LogP contribution in [-0.2, 0) is 12.8 Å². The number of benzene rings is 2. The first-order valence-electron chi connectivity index (χ1n) is 7.93. The number of hydrogen-bond donors (Lipinski definition) is 0. The Hall–Kier alpha value is -2.40. The Labute approximate surface area is 135 Å². The van der Waals surface area contributed by atoms with E-state index in [1.807, 2.05) is 6.07 Å². The lowest BCUT2D eigenvalue weighted by Gasteiger charge is -2.18. The second-order valence-corrected chi connectivity index (χ2v) is 5.81. The molecule has 0 aromatic heterocycles. The molecule has 2 aromatic carbocycles. The molecule has 0 amide bonds. The maximum Gasteiger partial charge on any atom is 0.142 e. The molecular formula is C21H18F2. The van der Waals surface area contributed by atoms with E-state index >= 15 is 0 Å². The topological polar surface area (TPSA) is 0 Å². The second kappa shape index (κ2) is 6.79.